The Hall–Kier alpha value is -2.39. The molecule has 160 valence electrons. The number of allylic oxidation sites excluding steroid dienone is 1. The molecular formula is C20H28N2O6S. The zero-order valence-electron chi connectivity index (χ0n) is 17.1. The summed E-state index contributed by atoms with van der Waals surface area (Å²) in [6.07, 6.45) is 4.97. The molecule has 0 bridgehead atoms. The van der Waals surface area contributed by atoms with E-state index in [0.29, 0.717) is 18.8 Å². The van der Waals surface area contributed by atoms with Crippen LogP contribution in [0.4, 0.5) is 5.69 Å². The predicted molar refractivity (Wildman–Crippen MR) is 109 cm³/mol. The van der Waals surface area contributed by atoms with Crippen molar-refractivity contribution in [3.8, 4) is 5.75 Å². The first-order valence-corrected chi connectivity index (χ1v) is 11.0. The quantitative estimate of drug-likeness (QED) is 0.533. The van der Waals surface area contributed by atoms with Crippen molar-refractivity contribution in [1.29, 1.82) is 0 Å². The smallest absolute Gasteiger partial charge is 0.331 e. The summed E-state index contributed by atoms with van der Waals surface area (Å²) in [5.74, 6) is -0.906. The van der Waals surface area contributed by atoms with Gasteiger partial charge in [-0.05, 0) is 44.9 Å². The van der Waals surface area contributed by atoms with E-state index < -0.39 is 28.5 Å². The molecule has 29 heavy (non-hydrogen) atoms. The second-order valence-electron chi connectivity index (χ2n) is 7.06. The van der Waals surface area contributed by atoms with Crippen LogP contribution in [0, 0.1) is 0 Å². The Kier molecular flexibility index (Phi) is 8.21. The van der Waals surface area contributed by atoms with Gasteiger partial charge in [0, 0.05) is 19.2 Å². The number of hydrogen-bond acceptors (Lipinski definition) is 6. The van der Waals surface area contributed by atoms with Crippen LogP contribution in [0.25, 0.3) is 0 Å². The van der Waals surface area contributed by atoms with Crippen LogP contribution in [0.5, 0.6) is 5.75 Å². The van der Waals surface area contributed by atoms with Gasteiger partial charge in [-0.3, -0.25) is 4.79 Å². The zero-order valence-corrected chi connectivity index (χ0v) is 17.9. The number of carbonyl (C=O) groups excluding carboxylic acids is 2. The molecule has 0 atom stereocenters. The number of rotatable bonds is 7. The lowest BCUT2D eigenvalue weighted by Gasteiger charge is -2.21. The number of methoxy groups -OCH3 is 1. The fourth-order valence-corrected chi connectivity index (χ4v) is 4.52. The van der Waals surface area contributed by atoms with Crippen molar-refractivity contribution in [2.24, 2.45) is 0 Å². The number of esters is 1. The van der Waals surface area contributed by atoms with Crippen LogP contribution in [0.2, 0.25) is 0 Å². The molecule has 0 aromatic heterocycles. The highest BCUT2D eigenvalue weighted by Gasteiger charge is 2.26. The van der Waals surface area contributed by atoms with E-state index in [4.69, 9.17) is 9.47 Å². The molecule has 0 unspecified atom stereocenters. The monoisotopic (exact) mass is 424 g/mol. The number of amides is 1. The maximum Gasteiger partial charge on any atom is 0.331 e. The second kappa shape index (κ2) is 10.4. The van der Waals surface area contributed by atoms with E-state index in [-0.39, 0.29) is 10.6 Å². The van der Waals surface area contributed by atoms with E-state index >= 15 is 0 Å². The number of sulfonamides is 1. The number of anilines is 1. The second-order valence-corrected chi connectivity index (χ2v) is 9.00. The Bertz CT molecular complexity index is 867. The number of benzene rings is 1. The molecule has 1 N–H and O–H groups in total. The standard InChI is InChI=1S/C20H28N2O6S/c1-15(2)12-20(24)28-14-19(23)21-17-13-16(8-9-18(17)27-3)29(25,26)22-10-6-4-5-7-11-22/h8-9,12-13H,4-7,10-11,14H2,1-3H3,(H,21,23). The first-order valence-electron chi connectivity index (χ1n) is 9.53. The molecule has 2 rings (SSSR count). The highest BCUT2D eigenvalue weighted by atomic mass is 32.2. The van der Waals surface area contributed by atoms with Crippen molar-refractivity contribution in [2.75, 3.05) is 32.1 Å². The van der Waals surface area contributed by atoms with Gasteiger partial charge in [0.2, 0.25) is 10.0 Å². The summed E-state index contributed by atoms with van der Waals surface area (Å²) in [6.45, 7) is 3.95. The molecule has 0 aliphatic carbocycles. The van der Waals surface area contributed by atoms with Crippen LogP contribution in [0.3, 0.4) is 0 Å². The van der Waals surface area contributed by atoms with Crippen LogP contribution in [0.1, 0.15) is 39.5 Å². The Balaban J connectivity index is 2.16. The van der Waals surface area contributed by atoms with Crippen LogP contribution in [-0.4, -0.2) is 51.4 Å². The molecule has 9 heteroatoms. The lowest BCUT2D eigenvalue weighted by atomic mass is 10.2. The summed E-state index contributed by atoms with van der Waals surface area (Å²) in [4.78, 5) is 23.8. The lowest BCUT2D eigenvalue weighted by molar-refractivity contribution is -0.142. The Morgan fingerprint density at radius 3 is 2.38 bits per heavy atom. The van der Waals surface area contributed by atoms with Gasteiger partial charge in [-0.15, -0.1) is 0 Å². The SMILES string of the molecule is COc1ccc(S(=O)(=O)N2CCCCCC2)cc1NC(=O)COC(=O)C=C(C)C. The molecule has 1 heterocycles. The van der Waals surface area contributed by atoms with E-state index in [1.54, 1.807) is 13.8 Å². The van der Waals surface area contributed by atoms with Gasteiger partial charge in [0.15, 0.2) is 6.61 Å². The maximum atomic E-state index is 13.0. The molecular weight excluding hydrogens is 396 g/mol. The van der Waals surface area contributed by atoms with Crippen molar-refractivity contribution in [3.05, 3.63) is 29.8 Å². The van der Waals surface area contributed by atoms with Gasteiger partial charge in [0.05, 0.1) is 17.7 Å². The zero-order chi connectivity index (χ0) is 21.4. The third-order valence-electron chi connectivity index (χ3n) is 4.40. The highest BCUT2D eigenvalue weighted by Crippen LogP contribution is 2.29. The normalized spacial score (nSPS) is 15.1. The number of nitrogens with zero attached hydrogens (tertiary/aromatic N) is 1. The molecule has 1 amide bonds. The number of carbonyl (C=O) groups is 2. The third-order valence-corrected chi connectivity index (χ3v) is 6.29. The Labute approximate surface area is 171 Å². The predicted octanol–water partition coefficient (Wildman–Crippen LogP) is 2.71. The summed E-state index contributed by atoms with van der Waals surface area (Å²) in [6, 6.07) is 4.33. The Morgan fingerprint density at radius 1 is 1.14 bits per heavy atom. The van der Waals surface area contributed by atoms with E-state index in [1.165, 1.54) is 35.7 Å². The van der Waals surface area contributed by atoms with Gasteiger partial charge in [-0.1, -0.05) is 18.4 Å². The van der Waals surface area contributed by atoms with Crippen LogP contribution < -0.4 is 10.1 Å². The lowest BCUT2D eigenvalue weighted by Crippen LogP contribution is -2.32. The van der Waals surface area contributed by atoms with E-state index in [9.17, 15) is 18.0 Å². The Morgan fingerprint density at radius 2 is 1.79 bits per heavy atom. The molecule has 8 nitrogen and oxygen atoms in total. The van der Waals surface area contributed by atoms with Gasteiger partial charge in [-0.25, -0.2) is 13.2 Å². The largest absolute Gasteiger partial charge is 0.495 e. The van der Waals surface area contributed by atoms with E-state index in [1.807, 2.05) is 0 Å². The average Bonchev–Trinajstić information content (AvgIpc) is 2.96. The number of ether oxygens (including phenoxy) is 2. The van der Waals surface area contributed by atoms with Crippen LogP contribution >= 0.6 is 0 Å². The fraction of sp³-hybridized carbons (Fsp3) is 0.500. The van der Waals surface area contributed by atoms with Gasteiger partial charge >= 0.3 is 5.97 Å². The number of hydrogen-bond donors (Lipinski definition) is 1. The summed E-state index contributed by atoms with van der Waals surface area (Å²) < 4.78 is 37.6. The number of nitrogens with one attached hydrogen (secondary N) is 1. The van der Waals surface area contributed by atoms with E-state index in [0.717, 1.165) is 31.3 Å². The minimum atomic E-state index is -3.67. The van der Waals surface area contributed by atoms with Crippen LogP contribution in [-0.2, 0) is 24.3 Å². The highest BCUT2D eigenvalue weighted by molar-refractivity contribution is 7.89. The molecule has 1 saturated heterocycles. The summed E-state index contributed by atoms with van der Waals surface area (Å²) >= 11 is 0. The molecule has 1 fully saturated rings. The van der Waals surface area contributed by atoms with E-state index in [2.05, 4.69) is 5.32 Å². The molecule has 1 aromatic rings. The topological polar surface area (TPSA) is 102 Å². The van der Waals surface area contributed by atoms with Crippen molar-refractivity contribution in [1.82, 2.24) is 4.31 Å². The van der Waals surface area contributed by atoms with Crippen molar-refractivity contribution in [3.63, 3.8) is 0 Å². The molecule has 1 aliphatic rings. The summed E-state index contributed by atoms with van der Waals surface area (Å²) in [5.41, 5.74) is 0.954. The van der Waals surface area contributed by atoms with Gasteiger partial charge in [0.25, 0.3) is 5.91 Å². The molecule has 0 spiro atoms. The minimum Gasteiger partial charge on any atom is -0.495 e. The molecule has 1 aliphatic heterocycles. The first-order chi connectivity index (χ1) is 13.7. The average molecular weight is 425 g/mol. The van der Waals surface area contributed by atoms with Crippen LogP contribution in [0.15, 0.2) is 34.7 Å². The fourth-order valence-electron chi connectivity index (χ4n) is 2.98. The van der Waals surface area contributed by atoms with Gasteiger partial charge in [-0.2, -0.15) is 4.31 Å². The first kappa shape index (κ1) is 22.9. The van der Waals surface area contributed by atoms with Gasteiger partial charge < -0.3 is 14.8 Å². The maximum absolute atomic E-state index is 13.0. The third kappa shape index (κ3) is 6.57. The van der Waals surface area contributed by atoms with Gasteiger partial charge in [0.1, 0.15) is 5.75 Å². The van der Waals surface area contributed by atoms with Crippen molar-refractivity contribution < 1.29 is 27.5 Å². The minimum absolute atomic E-state index is 0.0806. The molecule has 1 aromatic carbocycles. The summed E-state index contributed by atoms with van der Waals surface area (Å²) in [5, 5.41) is 2.55. The molecule has 0 radical (unpaired) electrons. The summed E-state index contributed by atoms with van der Waals surface area (Å²) in [7, 11) is -2.26. The van der Waals surface area contributed by atoms with Crippen molar-refractivity contribution in [2.45, 2.75) is 44.4 Å². The molecule has 0 saturated carbocycles. The van der Waals surface area contributed by atoms with Crippen molar-refractivity contribution >= 4 is 27.6 Å².